The molecule has 3 rings (SSSR count). The summed E-state index contributed by atoms with van der Waals surface area (Å²) in [5.41, 5.74) is 3.15. The third-order valence-electron chi connectivity index (χ3n) is 7.18. The number of rotatable bonds is 6. The Balaban J connectivity index is 1.77. The number of fused-ring (bicyclic) bond motifs is 1. The van der Waals surface area contributed by atoms with Crippen LogP contribution in [-0.4, -0.2) is 19.9 Å². The second-order valence-corrected chi connectivity index (χ2v) is 8.45. The molecule has 0 N–H and O–H groups in total. The molecule has 144 valence electrons. The number of methoxy groups -OCH3 is 2. The molecular formula is C23H35NO2. The van der Waals surface area contributed by atoms with Crippen molar-refractivity contribution in [3.8, 4) is 11.5 Å². The summed E-state index contributed by atoms with van der Waals surface area (Å²) in [6.07, 6.45) is 7.69. The lowest BCUT2D eigenvalue weighted by Gasteiger charge is -2.24. The molecule has 2 aliphatic carbocycles. The van der Waals surface area contributed by atoms with Crippen LogP contribution in [0.3, 0.4) is 0 Å². The van der Waals surface area contributed by atoms with Gasteiger partial charge in [-0.05, 0) is 67.4 Å². The van der Waals surface area contributed by atoms with Gasteiger partial charge in [0.25, 0.3) is 0 Å². The molecule has 3 heteroatoms. The van der Waals surface area contributed by atoms with Gasteiger partial charge in [-0.1, -0.05) is 27.2 Å². The van der Waals surface area contributed by atoms with Crippen LogP contribution in [0.4, 0.5) is 0 Å². The summed E-state index contributed by atoms with van der Waals surface area (Å²) in [5, 5.41) is 0. The van der Waals surface area contributed by atoms with Crippen LogP contribution in [0.5, 0.6) is 11.5 Å². The molecule has 0 saturated heterocycles. The topological polar surface area (TPSA) is 30.8 Å². The summed E-state index contributed by atoms with van der Waals surface area (Å²) < 4.78 is 10.9. The van der Waals surface area contributed by atoms with E-state index in [0.717, 1.165) is 28.9 Å². The van der Waals surface area contributed by atoms with Crippen molar-refractivity contribution in [3.63, 3.8) is 0 Å². The van der Waals surface area contributed by atoms with Gasteiger partial charge in [0.2, 0.25) is 0 Å². The maximum absolute atomic E-state index is 5.55. The molecular weight excluding hydrogens is 322 g/mol. The van der Waals surface area contributed by atoms with Gasteiger partial charge in [0.05, 0.1) is 20.8 Å². The maximum atomic E-state index is 5.55. The first-order chi connectivity index (χ1) is 12.5. The van der Waals surface area contributed by atoms with E-state index in [9.17, 15) is 0 Å². The van der Waals surface area contributed by atoms with Crippen LogP contribution in [0.2, 0.25) is 0 Å². The lowest BCUT2D eigenvalue weighted by atomic mass is 9.83. The second-order valence-electron chi connectivity index (χ2n) is 8.45. The minimum absolute atomic E-state index is 0.565. The van der Waals surface area contributed by atoms with Crippen LogP contribution in [0.15, 0.2) is 23.2 Å². The van der Waals surface area contributed by atoms with Gasteiger partial charge >= 0.3 is 0 Å². The summed E-state index contributed by atoms with van der Waals surface area (Å²) in [6, 6.07) is 6.03. The van der Waals surface area contributed by atoms with Crippen LogP contribution in [0, 0.1) is 23.2 Å². The fourth-order valence-corrected chi connectivity index (χ4v) is 5.09. The van der Waals surface area contributed by atoms with Crippen molar-refractivity contribution in [2.24, 2.45) is 28.2 Å². The van der Waals surface area contributed by atoms with E-state index in [4.69, 9.17) is 14.5 Å². The lowest BCUT2D eigenvalue weighted by Crippen LogP contribution is -2.20. The van der Waals surface area contributed by atoms with Crippen molar-refractivity contribution in [2.45, 2.75) is 65.8 Å². The third kappa shape index (κ3) is 3.77. The van der Waals surface area contributed by atoms with Crippen molar-refractivity contribution in [1.29, 1.82) is 0 Å². The van der Waals surface area contributed by atoms with Crippen molar-refractivity contribution in [2.75, 3.05) is 14.2 Å². The highest BCUT2D eigenvalue weighted by Gasteiger charge is 2.57. The zero-order valence-electron chi connectivity index (χ0n) is 17.2. The number of aliphatic imine (C=N–C) groups is 1. The highest BCUT2D eigenvalue weighted by Crippen LogP contribution is 2.64. The average Bonchev–Trinajstić information content (AvgIpc) is 3.16. The molecule has 26 heavy (non-hydrogen) atoms. The smallest absolute Gasteiger partial charge is 0.127 e. The Morgan fingerprint density at radius 1 is 1.19 bits per heavy atom. The normalized spacial score (nSPS) is 32.5. The number of hydrogen-bond acceptors (Lipinski definition) is 3. The molecule has 4 unspecified atom stereocenters. The number of benzene rings is 1. The zero-order valence-corrected chi connectivity index (χ0v) is 17.2. The van der Waals surface area contributed by atoms with Gasteiger partial charge < -0.3 is 9.47 Å². The fourth-order valence-electron chi connectivity index (χ4n) is 5.09. The van der Waals surface area contributed by atoms with Crippen molar-refractivity contribution >= 4 is 5.71 Å². The highest BCUT2D eigenvalue weighted by atomic mass is 16.5. The number of nitrogens with zero attached hydrogens (tertiary/aromatic N) is 1. The Hall–Kier alpha value is -1.51. The Labute approximate surface area is 159 Å². The molecule has 0 spiro atoms. The Kier molecular flexibility index (Phi) is 5.94. The molecule has 4 atom stereocenters. The molecule has 2 fully saturated rings. The van der Waals surface area contributed by atoms with Gasteiger partial charge in [0.15, 0.2) is 0 Å². The molecule has 0 bridgehead atoms. The molecule has 0 heterocycles. The van der Waals surface area contributed by atoms with E-state index >= 15 is 0 Å². The lowest BCUT2D eigenvalue weighted by molar-refractivity contribution is 0.390. The summed E-state index contributed by atoms with van der Waals surface area (Å²) >= 11 is 0. The largest absolute Gasteiger partial charge is 0.497 e. The minimum atomic E-state index is 0.565. The molecule has 3 nitrogen and oxygen atoms in total. The van der Waals surface area contributed by atoms with E-state index in [2.05, 4.69) is 26.8 Å². The predicted molar refractivity (Wildman–Crippen MR) is 108 cm³/mol. The third-order valence-corrected chi connectivity index (χ3v) is 7.18. The molecule has 0 radical (unpaired) electrons. The van der Waals surface area contributed by atoms with E-state index in [1.54, 1.807) is 14.2 Å². The Bertz CT molecular complexity index is 654. The molecule has 2 aliphatic rings. The average molecular weight is 358 g/mol. The van der Waals surface area contributed by atoms with E-state index < -0.39 is 0 Å². The molecule has 2 saturated carbocycles. The molecule has 1 aromatic carbocycles. The summed E-state index contributed by atoms with van der Waals surface area (Å²) in [5.74, 6) is 4.21. The monoisotopic (exact) mass is 357 g/mol. The van der Waals surface area contributed by atoms with Crippen molar-refractivity contribution in [3.05, 3.63) is 23.8 Å². The van der Waals surface area contributed by atoms with Crippen LogP contribution in [0.1, 0.15) is 64.9 Å². The van der Waals surface area contributed by atoms with Gasteiger partial charge in [-0.3, -0.25) is 4.99 Å². The predicted octanol–water partition coefficient (Wildman–Crippen LogP) is 5.91. The molecule has 0 aliphatic heterocycles. The van der Waals surface area contributed by atoms with Crippen LogP contribution >= 0.6 is 0 Å². The van der Waals surface area contributed by atoms with Gasteiger partial charge in [-0.2, -0.15) is 0 Å². The van der Waals surface area contributed by atoms with E-state index in [1.165, 1.54) is 44.2 Å². The van der Waals surface area contributed by atoms with Crippen LogP contribution in [0.25, 0.3) is 0 Å². The molecule has 0 amide bonds. The molecule has 1 aromatic rings. The van der Waals surface area contributed by atoms with Crippen LogP contribution < -0.4 is 9.47 Å². The maximum Gasteiger partial charge on any atom is 0.127 e. The van der Waals surface area contributed by atoms with E-state index in [-0.39, 0.29) is 0 Å². The van der Waals surface area contributed by atoms with Gasteiger partial charge in [0, 0.05) is 17.3 Å². The quantitative estimate of drug-likeness (QED) is 0.634. The second kappa shape index (κ2) is 8.02. The minimum Gasteiger partial charge on any atom is -0.497 e. The zero-order chi connectivity index (χ0) is 18.7. The highest BCUT2D eigenvalue weighted by molar-refractivity contribution is 5.87. The number of ether oxygens (including phenoxy) is 2. The first-order valence-electron chi connectivity index (χ1n) is 10.3. The SMILES string of the molecule is CCCC1CCC2C(C)C2(C)CCC1=NCc1ccc(OC)cc1OC. The van der Waals surface area contributed by atoms with Crippen molar-refractivity contribution in [1.82, 2.24) is 0 Å². The number of hydrogen-bond donors (Lipinski definition) is 0. The van der Waals surface area contributed by atoms with Crippen molar-refractivity contribution < 1.29 is 9.47 Å². The fraction of sp³-hybridized carbons (Fsp3) is 0.696. The summed E-state index contributed by atoms with van der Waals surface area (Å²) in [6.45, 7) is 7.95. The van der Waals surface area contributed by atoms with Gasteiger partial charge in [0.1, 0.15) is 11.5 Å². The molecule has 0 aromatic heterocycles. The van der Waals surface area contributed by atoms with Gasteiger partial charge in [-0.25, -0.2) is 0 Å². The van der Waals surface area contributed by atoms with Gasteiger partial charge in [-0.15, -0.1) is 0 Å². The summed E-state index contributed by atoms with van der Waals surface area (Å²) in [7, 11) is 3.40. The van der Waals surface area contributed by atoms with Crippen LogP contribution in [-0.2, 0) is 6.54 Å². The van der Waals surface area contributed by atoms with E-state index in [0.29, 0.717) is 17.9 Å². The van der Waals surface area contributed by atoms with E-state index in [1.807, 2.05) is 12.1 Å². The first kappa shape index (κ1) is 19.3. The standard InChI is InChI=1S/C23H35NO2/c1-6-7-17-9-11-20-16(2)23(20,3)13-12-21(17)24-15-18-8-10-19(25-4)14-22(18)26-5/h8,10,14,16-17,20H,6-7,9,11-13,15H2,1-5H3. The first-order valence-corrected chi connectivity index (χ1v) is 10.3. The summed E-state index contributed by atoms with van der Waals surface area (Å²) in [4.78, 5) is 5.12. The Morgan fingerprint density at radius 2 is 2.00 bits per heavy atom. The Morgan fingerprint density at radius 3 is 2.69 bits per heavy atom.